The number of benzene rings is 1. The van der Waals surface area contributed by atoms with Crippen molar-refractivity contribution in [2.75, 3.05) is 25.6 Å². The van der Waals surface area contributed by atoms with Gasteiger partial charge in [0.25, 0.3) is 0 Å². The van der Waals surface area contributed by atoms with Crippen LogP contribution in [0.2, 0.25) is 0 Å². The third-order valence-electron chi connectivity index (χ3n) is 2.87. The maximum Gasteiger partial charge on any atom is 0.138 e. The molecule has 1 aromatic carbocycles. The summed E-state index contributed by atoms with van der Waals surface area (Å²) in [6.45, 7) is 2.03. The van der Waals surface area contributed by atoms with Gasteiger partial charge in [-0.1, -0.05) is 0 Å². The van der Waals surface area contributed by atoms with Gasteiger partial charge in [0.05, 0.1) is 31.0 Å². The van der Waals surface area contributed by atoms with Gasteiger partial charge in [-0.2, -0.15) is 5.26 Å². The number of ether oxygens (including phenoxy) is 2. The van der Waals surface area contributed by atoms with Gasteiger partial charge in [-0.3, -0.25) is 0 Å². The first-order chi connectivity index (χ1) is 9.29. The summed E-state index contributed by atoms with van der Waals surface area (Å²) < 4.78 is 24.5. The van der Waals surface area contributed by atoms with E-state index in [9.17, 15) is 4.39 Å². The smallest absolute Gasteiger partial charge is 0.138 e. The van der Waals surface area contributed by atoms with E-state index >= 15 is 0 Å². The molecular weight excluding hydrogens is 265 g/mol. The Labute approximate surface area is 116 Å². The predicted octanol–water partition coefficient (Wildman–Crippen LogP) is 2.99. The summed E-state index contributed by atoms with van der Waals surface area (Å²) in [6.07, 6.45) is 2.41. The fourth-order valence-electron chi connectivity index (χ4n) is 1.89. The van der Waals surface area contributed by atoms with Crippen molar-refractivity contribution in [2.24, 2.45) is 0 Å². The summed E-state index contributed by atoms with van der Waals surface area (Å²) in [5.74, 6) is 0.346. The SMILES string of the molecule is N#Cc1ccc(SCCOC[C@H]2CCCO2)c(F)c1. The van der Waals surface area contributed by atoms with Gasteiger partial charge in [0.2, 0.25) is 0 Å². The number of nitriles is 1. The Bertz CT molecular complexity index is 455. The van der Waals surface area contributed by atoms with Crippen LogP contribution in [0.5, 0.6) is 0 Å². The zero-order valence-corrected chi connectivity index (χ0v) is 11.4. The van der Waals surface area contributed by atoms with Gasteiger partial charge in [-0.15, -0.1) is 11.8 Å². The van der Waals surface area contributed by atoms with Crippen LogP contribution in [-0.2, 0) is 9.47 Å². The number of nitrogens with zero attached hydrogens (tertiary/aromatic N) is 1. The molecule has 0 N–H and O–H groups in total. The number of thioether (sulfide) groups is 1. The summed E-state index contributed by atoms with van der Waals surface area (Å²) in [6, 6.07) is 6.44. The summed E-state index contributed by atoms with van der Waals surface area (Å²) in [4.78, 5) is 0.555. The third kappa shape index (κ3) is 4.50. The molecule has 2 rings (SSSR count). The van der Waals surface area contributed by atoms with E-state index < -0.39 is 0 Å². The maximum absolute atomic E-state index is 13.6. The van der Waals surface area contributed by atoms with E-state index in [1.165, 1.54) is 17.8 Å². The molecule has 1 saturated heterocycles. The second-order valence-corrected chi connectivity index (χ2v) is 5.45. The number of hydrogen-bond acceptors (Lipinski definition) is 4. The Morgan fingerprint density at radius 3 is 3.11 bits per heavy atom. The minimum atomic E-state index is -0.344. The molecule has 0 amide bonds. The van der Waals surface area contributed by atoms with Crippen molar-refractivity contribution in [1.82, 2.24) is 0 Å². The highest BCUT2D eigenvalue weighted by Gasteiger charge is 2.15. The van der Waals surface area contributed by atoms with Gasteiger partial charge in [0.15, 0.2) is 0 Å². The van der Waals surface area contributed by atoms with E-state index in [0.717, 1.165) is 19.4 Å². The molecule has 0 aliphatic carbocycles. The monoisotopic (exact) mass is 281 g/mol. The minimum absolute atomic E-state index is 0.233. The second kappa shape index (κ2) is 7.49. The Hall–Kier alpha value is -1.09. The van der Waals surface area contributed by atoms with Crippen LogP contribution in [0.4, 0.5) is 4.39 Å². The molecule has 1 aromatic rings. The quantitative estimate of drug-likeness (QED) is 0.594. The average molecular weight is 281 g/mol. The van der Waals surface area contributed by atoms with Gasteiger partial charge in [-0.25, -0.2) is 4.39 Å². The van der Waals surface area contributed by atoms with Crippen LogP contribution in [0.1, 0.15) is 18.4 Å². The highest BCUT2D eigenvalue weighted by atomic mass is 32.2. The van der Waals surface area contributed by atoms with Crippen LogP contribution in [-0.4, -0.2) is 31.7 Å². The average Bonchev–Trinajstić information content (AvgIpc) is 2.93. The summed E-state index contributed by atoms with van der Waals surface area (Å²) in [5.41, 5.74) is 0.344. The van der Waals surface area contributed by atoms with Crippen LogP contribution < -0.4 is 0 Å². The zero-order valence-electron chi connectivity index (χ0n) is 10.6. The van der Waals surface area contributed by atoms with Gasteiger partial charge in [0, 0.05) is 17.3 Å². The lowest BCUT2D eigenvalue weighted by Gasteiger charge is -2.10. The first kappa shape index (κ1) is 14.3. The molecule has 102 valence electrons. The molecular formula is C14H16FNO2S. The van der Waals surface area contributed by atoms with Crippen molar-refractivity contribution in [2.45, 2.75) is 23.8 Å². The second-order valence-electron chi connectivity index (χ2n) is 4.32. The first-order valence-electron chi connectivity index (χ1n) is 6.31. The molecule has 1 aliphatic heterocycles. The molecule has 5 heteroatoms. The summed E-state index contributed by atoms with van der Waals surface area (Å²) in [7, 11) is 0. The van der Waals surface area contributed by atoms with Gasteiger partial charge in [-0.05, 0) is 31.0 Å². The molecule has 0 unspecified atom stereocenters. The number of halogens is 1. The fraction of sp³-hybridized carbons (Fsp3) is 0.500. The van der Waals surface area contributed by atoms with Crippen LogP contribution in [0.15, 0.2) is 23.1 Å². The topological polar surface area (TPSA) is 42.2 Å². The Kier molecular flexibility index (Phi) is 5.64. The lowest BCUT2D eigenvalue weighted by atomic mass is 10.2. The van der Waals surface area contributed by atoms with E-state index in [1.807, 2.05) is 6.07 Å². The lowest BCUT2D eigenvalue weighted by Crippen LogP contribution is -2.15. The highest BCUT2D eigenvalue weighted by Crippen LogP contribution is 2.22. The first-order valence-corrected chi connectivity index (χ1v) is 7.30. The van der Waals surface area contributed by atoms with E-state index in [2.05, 4.69) is 0 Å². The molecule has 1 atom stereocenters. The van der Waals surface area contributed by atoms with Gasteiger partial charge >= 0.3 is 0 Å². The predicted molar refractivity (Wildman–Crippen MR) is 71.6 cm³/mol. The highest BCUT2D eigenvalue weighted by molar-refractivity contribution is 7.99. The van der Waals surface area contributed by atoms with Crippen LogP contribution in [0.25, 0.3) is 0 Å². The Morgan fingerprint density at radius 2 is 2.42 bits per heavy atom. The molecule has 3 nitrogen and oxygen atoms in total. The summed E-state index contributed by atoms with van der Waals surface area (Å²) >= 11 is 1.40. The Balaban J connectivity index is 1.66. The third-order valence-corrected chi connectivity index (χ3v) is 3.89. The normalized spacial score (nSPS) is 18.4. The maximum atomic E-state index is 13.6. The van der Waals surface area contributed by atoms with Crippen LogP contribution >= 0.6 is 11.8 Å². The molecule has 0 spiro atoms. The molecule has 1 fully saturated rings. The van der Waals surface area contributed by atoms with Gasteiger partial charge in [0.1, 0.15) is 5.82 Å². The van der Waals surface area contributed by atoms with E-state index in [-0.39, 0.29) is 11.9 Å². The van der Waals surface area contributed by atoms with Crippen molar-refractivity contribution in [3.05, 3.63) is 29.6 Å². The minimum Gasteiger partial charge on any atom is -0.378 e. The van der Waals surface area contributed by atoms with Gasteiger partial charge < -0.3 is 9.47 Å². The lowest BCUT2D eigenvalue weighted by molar-refractivity contribution is 0.0226. The molecule has 19 heavy (non-hydrogen) atoms. The van der Waals surface area contributed by atoms with Crippen LogP contribution in [0.3, 0.4) is 0 Å². The standard InChI is InChI=1S/C14H16FNO2S/c15-13-8-11(9-16)3-4-14(13)19-7-6-17-10-12-2-1-5-18-12/h3-4,8,12H,1-2,5-7,10H2/t12-/m1/s1. The number of hydrogen-bond donors (Lipinski definition) is 0. The van der Waals surface area contributed by atoms with Crippen molar-refractivity contribution < 1.29 is 13.9 Å². The molecule has 0 bridgehead atoms. The fourth-order valence-corrected chi connectivity index (χ4v) is 2.67. The molecule has 0 radical (unpaired) electrons. The van der Waals surface area contributed by atoms with Crippen molar-refractivity contribution in [3.8, 4) is 6.07 Å². The van der Waals surface area contributed by atoms with Crippen molar-refractivity contribution >= 4 is 11.8 Å². The molecule has 1 aliphatic rings. The van der Waals surface area contributed by atoms with Crippen molar-refractivity contribution in [1.29, 1.82) is 5.26 Å². The van der Waals surface area contributed by atoms with E-state index in [0.29, 0.717) is 29.4 Å². The zero-order chi connectivity index (χ0) is 13.5. The number of rotatable bonds is 6. The largest absolute Gasteiger partial charge is 0.378 e. The van der Waals surface area contributed by atoms with E-state index in [1.54, 1.807) is 12.1 Å². The molecule has 1 heterocycles. The summed E-state index contributed by atoms with van der Waals surface area (Å²) in [5, 5.41) is 8.65. The Morgan fingerprint density at radius 1 is 1.53 bits per heavy atom. The van der Waals surface area contributed by atoms with Crippen LogP contribution in [0, 0.1) is 17.1 Å². The van der Waals surface area contributed by atoms with Crippen molar-refractivity contribution in [3.63, 3.8) is 0 Å². The molecule has 0 aromatic heterocycles. The van der Waals surface area contributed by atoms with E-state index in [4.69, 9.17) is 14.7 Å². The molecule has 0 saturated carbocycles.